The maximum atomic E-state index is 13.6. The Hall–Kier alpha value is -5.12. The highest BCUT2D eigenvalue weighted by molar-refractivity contribution is 6.28. The van der Waals surface area contributed by atoms with Crippen LogP contribution in [0.4, 0.5) is 17.1 Å². The van der Waals surface area contributed by atoms with Gasteiger partial charge in [-0.1, -0.05) is 78.9 Å². The number of carbonyl (C=O) groups excluding carboxylic acids is 2. The van der Waals surface area contributed by atoms with Crippen molar-refractivity contribution in [2.24, 2.45) is 5.92 Å². The van der Waals surface area contributed by atoms with Gasteiger partial charge in [-0.25, -0.2) is 0 Å². The van der Waals surface area contributed by atoms with E-state index in [1.165, 1.54) is 4.90 Å². The number of fused-ring (bicyclic) bond motifs is 1. The number of aliphatic hydroxyl groups is 2. The number of rotatable bonds is 9. The molecule has 2 N–H and O–H groups in total. The predicted molar refractivity (Wildman–Crippen MR) is 172 cm³/mol. The van der Waals surface area contributed by atoms with E-state index in [0.29, 0.717) is 41.2 Å². The van der Waals surface area contributed by atoms with E-state index < -0.39 is 17.4 Å². The second-order valence-electron chi connectivity index (χ2n) is 11.7. The molecule has 0 aliphatic carbocycles. The summed E-state index contributed by atoms with van der Waals surface area (Å²) in [7, 11) is 1.66. The Kier molecular flexibility index (Phi) is 7.07. The van der Waals surface area contributed by atoms with E-state index >= 15 is 0 Å². The van der Waals surface area contributed by atoms with Crippen molar-refractivity contribution in [1.82, 2.24) is 15.0 Å². The number of carbonyl (C=O) groups is 2. The zero-order chi connectivity index (χ0) is 31.3. The molecule has 1 unspecified atom stereocenters. The lowest BCUT2D eigenvalue weighted by Gasteiger charge is -2.27. The first-order chi connectivity index (χ1) is 21.8. The lowest BCUT2D eigenvalue weighted by atomic mass is 9.82. The van der Waals surface area contributed by atoms with E-state index in [0.717, 1.165) is 22.0 Å². The van der Waals surface area contributed by atoms with Gasteiger partial charge < -0.3 is 15.1 Å². The van der Waals surface area contributed by atoms with Crippen molar-refractivity contribution in [2.75, 3.05) is 23.5 Å². The predicted octanol–water partition coefficient (Wildman–Crippen LogP) is 5.29. The Labute approximate surface area is 260 Å². The number of likely N-dealkylation sites (N-methyl/N-ethyl adjacent to an activating group) is 1. The zero-order valence-corrected chi connectivity index (χ0v) is 25.0. The maximum absolute atomic E-state index is 13.6. The van der Waals surface area contributed by atoms with Crippen LogP contribution in [0.25, 0.3) is 10.8 Å². The highest BCUT2D eigenvalue weighted by Gasteiger charge is 2.51. The normalized spacial score (nSPS) is 18.8. The molecule has 45 heavy (non-hydrogen) atoms. The monoisotopic (exact) mass is 599 g/mol. The molecule has 9 nitrogen and oxygen atoms in total. The van der Waals surface area contributed by atoms with Crippen LogP contribution in [0.1, 0.15) is 46.4 Å². The summed E-state index contributed by atoms with van der Waals surface area (Å²) in [5.74, 6) is -1.36. The minimum Gasteiger partial charge on any atom is -0.395 e. The standard InChI is InChI=1S/C36H33N5O4/c1-23(10-6-7-19-40-21-30(37-38-40)28(22-42)24-11-4-3-5-12-24)36(45)29-20-26(17-18-31(29)39(2)35(36)44)41-32-16-9-14-25-13-8-15-27(33(25)32)34(41)43/h3-6,8-18,20-21,23,28,42,45H,7,19,22H2,1-2H3/b10-6+/t23-,28?,36+/m1/s1. The largest absolute Gasteiger partial charge is 0.395 e. The molecule has 3 atom stereocenters. The highest BCUT2D eigenvalue weighted by Crippen LogP contribution is 2.48. The fourth-order valence-corrected chi connectivity index (χ4v) is 6.64. The van der Waals surface area contributed by atoms with Crippen LogP contribution < -0.4 is 9.80 Å². The smallest absolute Gasteiger partial charge is 0.264 e. The topological polar surface area (TPSA) is 112 Å². The summed E-state index contributed by atoms with van der Waals surface area (Å²) in [6, 6.07) is 26.6. The Balaban J connectivity index is 1.11. The van der Waals surface area contributed by atoms with E-state index in [-0.39, 0.29) is 18.4 Å². The maximum Gasteiger partial charge on any atom is 0.264 e. The molecule has 7 rings (SSSR count). The van der Waals surface area contributed by atoms with Crippen molar-refractivity contribution in [2.45, 2.75) is 31.4 Å². The first-order valence-electron chi connectivity index (χ1n) is 15.1. The average Bonchev–Trinajstić information content (AvgIpc) is 3.70. The number of allylic oxidation sites excluding steroid dienone is 1. The van der Waals surface area contributed by atoms with Gasteiger partial charge in [-0.2, -0.15) is 0 Å². The highest BCUT2D eigenvalue weighted by atomic mass is 16.3. The second-order valence-corrected chi connectivity index (χ2v) is 11.7. The van der Waals surface area contributed by atoms with Gasteiger partial charge in [-0.15, -0.1) is 5.10 Å². The summed E-state index contributed by atoms with van der Waals surface area (Å²) in [6.45, 7) is 2.29. The molecular formula is C36H33N5O4. The summed E-state index contributed by atoms with van der Waals surface area (Å²) in [5, 5.41) is 32.4. The van der Waals surface area contributed by atoms with E-state index in [2.05, 4.69) is 10.3 Å². The van der Waals surface area contributed by atoms with Gasteiger partial charge in [0.15, 0.2) is 5.60 Å². The number of hydrogen-bond acceptors (Lipinski definition) is 6. The van der Waals surface area contributed by atoms with E-state index in [1.54, 1.807) is 28.8 Å². The number of hydrogen-bond donors (Lipinski definition) is 2. The van der Waals surface area contributed by atoms with Crippen LogP contribution in [-0.4, -0.2) is 50.7 Å². The van der Waals surface area contributed by atoms with Gasteiger partial charge in [0.1, 0.15) is 0 Å². The van der Waals surface area contributed by atoms with Crippen LogP contribution in [-0.2, 0) is 16.9 Å². The summed E-state index contributed by atoms with van der Waals surface area (Å²) >= 11 is 0. The lowest BCUT2D eigenvalue weighted by molar-refractivity contribution is -0.139. The quantitative estimate of drug-likeness (QED) is 0.223. The van der Waals surface area contributed by atoms with Crippen LogP contribution in [0.3, 0.4) is 0 Å². The molecule has 1 aromatic heterocycles. The number of aliphatic hydroxyl groups excluding tert-OH is 1. The molecule has 0 fully saturated rings. The summed E-state index contributed by atoms with van der Waals surface area (Å²) in [5.41, 5.74) is 2.96. The number of aryl methyl sites for hydroxylation is 1. The van der Waals surface area contributed by atoms with Gasteiger partial charge in [0.05, 0.1) is 35.2 Å². The third-order valence-corrected chi connectivity index (χ3v) is 9.10. The zero-order valence-electron chi connectivity index (χ0n) is 25.0. The van der Waals surface area contributed by atoms with Crippen LogP contribution in [0.15, 0.2) is 103 Å². The number of benzene rings is 4. The Morgan fingerprint density at radius 3 is 2.51 bits per heavy atom. The molecule has 2 aliphatic heterocycles. The number of amides is 2. The first-order valence-corrected chi connectivity index (χ1v) is 15.1. The molecule has 0 saturated heterocycles. The molecule has 0 saturated carbocycles. The van der Waals surface area contributed by atoms with Crippen LogP contribution in [0, 0.1) is 5.92 Å². The third kappa shape index (κ3) is 4.54. The van der Waals surface area contributed by atoms with Crippen molar-refractivity contribution >= 4 is 39.6 Å². The summed E-state index contributed by atoms with van der Waals surface area (Å²) < 4.78 is 1.73. The van der Waals surface area contributed by atoms with E-state index in [1.807, 2.05) is 98.1 Å². The van der Waals surface area contributed by atoms with E-state index in [9.17, 15) is 19.8 Å². The number of aromatic nitrogens is 3. The molecule has 3 heterocycles. The average molecular weight is 600 g/mol. The third-order valence-electron chi connectivity index (χ3n) is 9.10. The van der Waals surface area contributed by atoms with Crippen molar-refractivity contribution < 1.29 is 19.8 Å². The molecule has 0 radical (unpaired) electrons. The molecule has 0 bridgehead atoms. The minimum atomic E-state index is -1.80. The van der Waals surface area contributed by atoms with Crippen molar-refractivity contribution in [3.8, 4) is 0 Å². The Bertz CT molecular complexity index is 1960. The van der Waals surface area contributed by atoms with Crippen LogP contribution >= 0.6 is 0 Å². The second kappa shape index (κ2) is 11.1. The first kappa shape index (κ1) is 28.6. The molecule has 5 aromatic rings. The van der Waals surface area contributed by atoms with Gasteiger partial charge in [0.25, 0.3) is 11.8 Å². The number of nitrogens with zero attached hydrogens (tertiary/aromatic N) is 5. The van der Waals surface area contributed by atoms with Crippen molar-refractivity contribution in [3.63, 3.8) is 0 Å². The van der Waals surface area contributed by atoms with Gasteiger partial charge in [0, 0.05) is 42.3 Å². The van der Waals surface area contributed by atoms with Crippen molar-refractivity contribution in [1.29, 1.82) is 0 Å². The summed E-state index contributed by atoms with van der Waals surface area (Å²) in [6.07, 6.45) is 6.22. The van der Waals surface area contributed by atoms with E-state index in [4.69, 9.17) is 0 Å². The summed E-state index contributed by atoms with van der Waals surface area (Å²) in [4.78, 5) is 30.3. The fourth-order valence-electron chi connectivity index (χ4n) is 6.64. The van der Waals surface area contributed by atoms with Gasteiger partial charge in [0.2, 0.25) is 0 Å². The molecule has 226 valence electrons. The van der Waals surface area contributed by atoms with Gasteiger partial charge >= 0.3 is 0 Å². The molecular weight excluding hydrogens is 566 g/mol. The molecule has 9 heteroatoms. The molecule has 0 spiro atoms. The molecule has 4 aromatic carbocycles. The lowest BCUT2D eigenvalue weighted by Crippen LogP contribution is -2.43. The fraction of sp³-hybridized carbons (Fsp3) is 0.222. The minimum absolute atomic E-state index is 0.0705. The SMILES string of the molecule is C[C@H](/C=C/CCn1cc(C(CO)c2ccccc2)nn1)[C@@]1(O)C(=O)N(C)c2ccc(N3C(=O)c4cccc5cccc3c45)cc21. The van der Waals surface area contributed by atoms with Gasteiger partial charge in [-0.3, -0.25) is 19.2 Å². The Morgan fingerprint density at radius 1 is 0.956 bits per heavy atom. The molecule has 2 aliphatic rings. The molecule has 2 amide bonds. The van der Waals surface area contributed by atoms with Crippen LogP contribution in [0.5, 0.6) is 0 Å². The Morgan fingerprint density at radius 2 is 1.73 bits per heavy atom. The number of anilines is 3. The van der Waals surface area contributed by atoms with Crippen LogP contribution in [0.2, 0.25) is 0 Å². The van der Waals surface area contributed by atoms with Gasteiger partial charge in [-0.05, 0) is 47.7 Å². The van der Waals surface area contributed by atoms with Crippen molar-refractivity contribution in [3.05, 3.63) is 126 Å².